The lowest BCUT2D eigenvalue weighted by molar-refractivity contribution is 0.402. The lowest BCUT2D eigenvalue weighted by atomic mass is 9.75. The van der Waals surface area contributed by atoms with E-state index < -0.39 is 0 Å². The van der Waals surface area contributed by atoms with Crippen LogP contribution in [0.4, 0.5) is 0 Å². The molecule has 1 heteroatoms. The molecule has 0 fully saturated rings. The van der Waals surface area contributed by atoms with Crippen molar-refractivity contribution in [3.63, 3.8) is 0 Å². The first kappa shape index (κ1) is 13.1. The average molecular weight is 220 g/mol. The molecule has 1 N–H and O–H groups in total. The van der Waals surface area contributed by atoms with Gasteiger partial charge >= 0.3 is 0 Å². The maximum absolute atomic E-state index is 9.76. The van der Waals surface area contributed by atoms with Gasteiger partial charge in [0.2, 0.25) is 0 Å². The van der Waals surface area contributed by atoms with E-state index >= 15 is 0 Å². The van der Waals surface area contributed by atoms with Gasteiger partial charge < -0.3 is 5.11 Å². The van der Waals surface area contributed by atoms with E-state index in [2.05, 4.69) is 47.6 Å². The highest BCUT2D eigenvalue weighted by molar-refractivity contribution is 5.58. The minimum Gasteiger partial charge on any atom is -0.512 e. The summed E-state index contributed by atoms with van der Waals surface area (Å²) in [4.78, 5) is 0. The highest BCUT2D eigenvalue weighted by Gasteiger charge is 2.32. The Morgan fingerprint density at radius 3 is 1.75 bits per heavy atom. The summed E-state index contributed by atoms with van der Waals surface area (Å²) in [6.45, 7) is 15.0. The fraction of sp³-hybridized carbons (Fsp3) is 0.600. The molecule has 0 aromatic heterocycles. The summed E-state index contributed by atoms with van der Waals surface area (Å²) in [6.07, 6.45) is 4.19. The summed E-state index contributed by atoms with van der Waals surface area (Å²) in [5.74, 6) is 0.417. The Bertz CT molecular complexity index is 375. The molecular weight excluding hydrogens is 196 g/mol. The second-order valence-corrected chi connectivity index (χ2v) is 6.62. The van der Waals surface area contributed by atoms with E-state index in [9.17, 15) is 5.11 Å². The molecule has 0 spiro atoms. The monoisotopic (exact) mass is 220 g/mol. The van der Waals surface area contributed by atoms with Crippen LogP contribution in [0, 0.1) is 10.8 Å². The van der Waals surface area contributed by atoms with Crippen LogP contribution in [0.1, 0.15) is 48.5 Å². The van der Waals surface area contributed by atoms with Crippen LogP contribution in [0.2, 0.25) is 0 Å². The summed E-state index contributed by atoms with van der Waals surface area (Å²) in [5.41, 5.74) is 3.79. The van der Waals surface area contributed by atoms with Gasteiger partial charge in [-0.05, 0) is 28.9 Å². The third-order valence-corrected chi connectivity index (χ3v) is 2.90. The molecule has 0 atom stereocenters. The van der Waals surface area contributed by atoms with Crippen LogP contribution in [0.3, 0.4) is 0 Å². The zero-order chi connectivity index (χ0) is 12.7. The predicted molar refractivity (Wildman–Crippen MR) is 70.4 cm³/mol. The van der Waals surface area contributed by atoms with Crippen LogP contribution in [0.5, 0.6) is 0 Å². The molecule has 0 radical (unpaired) electrons. The largest absolute Gasteiger partial charge is 0.512 e. The van der Waals surface area contributed by atoms with Crippen LogP contribution in [0.25, 0.3) is 0 Å². The minimum absolute atomic E-state index is 0.0609. The lowest BCUT2D eigenvalue weighted by Gasteiger charge is -2.29. The van der Waals surface area contributed by atoms with Crippen molar-refractivity contribution in [1.82, 2.24) is 0 Å². The van der Waals surface area contributed by atoms with Crippen molar-refractivity contribution in [1.29, 1.82) is 0 Å². The molecule has 1 aliphatic rings. The predicted octanol–water partition coefficient (Wildman–Crippen LogP) is 4.78. The van der Waals surface area contributed by atoms with Gasteiger partial charge in [-0.3, -0.25) is 0 Å². The van der Waals surface area contributed by atoms with Gasteiger partial charge in [0.1, 0.15) is 0 Å². The second-order valence-electron chi connectivity index (χ2n) is 6.62. The maximum Gasteiger partial charge on any atom is 0.0966 e. The van der Waals surface area contributed by atoms with E-state index in [1.54, 1.807) is 6.92 Å². The van der Waals surface area contributed by atoms with Crippen molar-refractivity contribution < 1.29 is 5.11 Å². The standard InChI is InChI=1S/C15H24O/c1-10(16)11-8-9-12(14(2,3)4)13(11)15(5,6)7/h8-9,16H,1-7H3. The van der Waals surface area contributed by atoms with Crippen molar-refractivity contribution in [3.05, 3.63) is 34.6 Å². The van der Waals surface area contributed by atoms with Gasteiger partial charge in [0.25, 0.3) is 0 Å². The number of hydrogen-bond acceptors (Lipinski definition) is 1. The topological polar surface area (TPSA) is 20.2 Å². The zero-order valence-electron chi connectivity index (χ0n) is 11.6. The first-order chi connectivity index (χ1) is 7.05. The molecule has 0 unspecified atom stereocenters. The third-order valence-electron chi connectivity index (χ3n) is 2.90. The quantitative estimate of drug-likeness (QED) is 0.583. The van der Waals surface area contributed by atoms with E-state index in [0.717, 1.165) is 5.57 Å². The highest BCUT2D eigenvalue weighted by atomic mass is 16.3. The van der Waals surface area contributed by atoms with Crippen molar-refractivity contribution in [2.75, 3.05) is 0 Å². The normalized spacial score (nSPS) is 20.7. The molecule has 0 aromatic rings. The van der Waals surface area contributed by atoms with Crippen molar-refractivity contribution in [3.8, 4) is 0 Å². The van der Waals surface area contributed by atoms with Crippen LogP contribution in [0.15, 0.2) is 34.6 Å². The Balaban J connectivity index is 3.46. The van der Waals surface area contributed by atoms with E-state index in [-0.39, 0.29) is 10.8 Å². The summed E-state index contributed by atoms with van der Waals surface area (Å²) >= 11 is 0. The molecule has 16 heavy (non-hydrogen) atoms. The molecule has 0 bridgehead atoms. The number of aliphatic hydroxyl groups excluding tert-OH is 1. The molecule has 0 saturated heterocycles. The summed E-state index contributed by atoms with van der Waals surface area (Å²) in [7, 11) is 0. The molecule has 1 aliphatic carbocycles. The molecule has 0 heterocycles. The first-order valence-electron chi connectivity index (χ1n) is 5.88. The maximum atomic E-state index is 9.76. The number of aliphatic hydroxyl groups is 1. The van der Waals surface area contributed by atoms with Crippen molar-refractivity contribution >= 4 is 0 Å². The minimum atomic E-state index is 0.0609. The van der Waals surface area contributed by atoms with Crippen molar-refractivity contribution in [2.45, 2.75) is 48.5 Å². The lowest BCUT2D eigenvalue weighted by Crippen LogP contribution is -2.17. The van der Waals surface area contributed by atoms with Gasteiger partial charge in [-0.2, -0.15) is 0 Å². The second kappa shape index (κ2) is 3.80. The molecule has 1 nitrogen and oxygen atoms in total. The van der Waals surface area contributed by atoms with Crippen LogP contribution in [-0.2, 0) is 0 Å². The van der Waals surface area contributed by atoms with E-state index in [1.165, 1.54) is 11.1 Å². The van der Waals surface area contributed by atoms with Gasteiger partial charge in [0.05, 0.1) is 5.76 Å². The molecule has 90 valence electrons. The van der Waals surface area contributed by atoms with Gasteiger partial charge in [0, 0.05) is 5.57 Å². The van der Waals surface area contributed by atoms with Gasteiger partial charge in [-0.1, -0.05) is 53.7 Å². The van der Waals surface area contributed by atoms with Crippen molar-refractivity contribution in [2.24, 2.45) is 10.8 Å². The molecular formula is C15H24O. The van der Waals surface area contributed by atoms with Crippen LogP contribution >= 0.6 is 0 Å². The summed E-state index contributed by atoms with van der Waals surface area (Å²) in [5, 5.41) is 9.76. The van der Waals surface area contributed by atoms with Gasteiger partial charge in [0.15, 0.2) is 0 Å². The Hall–Kier alpha value is -0.980. The number of allylic oxidation sites excluding steroid dienone is 6. The van der Waals surface area contributed by atoms with Gasteiger partial charge in [-0.25, -0.2) is 0 Å². The summed E-state index contributed by atoms with van der Waals surface area (Å²) in [6, 6.07) is 0. The fourth-order valence-electron chi connectivity index (χ4n) is 2.21. The Kier molecular flexibility index (Phi) is 3.11. The zero-order valence-corrected chi connectivity index (χ0v) is 11.6. The van der Waals surface area contributed by atoms with E-state index in [0.29, 0.717) is 5.76 Å². The fourth-order valence-corrected chi connectivity index (χ4v) is 2.21. The number of rotatable bonds is 0. The van der Waals surface area contributed by atoms with Crippen LogP contribution in [-0.4, -0.2) is 5.11 Å². The SMILES string of the molecule is CC(O)=C1C=CC(C(C)(C)C)=C1C(C)(C)C. The smallest absolute Gasteiger partial charge is 0.0966 e. The Morgan fingerprint density at radius 1 is 0.938 bits per heavy atom. The Labute approximate surface area is 99.6 Å². The molecule has 0 amide bonds. The first-order valence-corrected chi connectivity index (χ1v) is 5.88. The third kappa shape index (κ3) is 2.40. The molecule has 0 aromatic carbocycles. The molecule has 1 rings (SSSR count). The summed E-state index contributed by atoms with van der Waals surface area (Å²) < 4.78 is 0. The number of hydrogen-bond donors (Lipinski definition) is 1. The van der Waals surface area contributed by atoms with E-state index in [4.69, 9.17) is 0 Å². The van der Waals surface area contributed by atoms with E-state index in [1.807, 2.05) is 6.08 Å². The average Bonchev–Trinajstić information content (AvgIpc) is 2.43. The highest BCUT2D eigenvalue weighted by Crippen LogP contribution is 2.45. The van der Waals surface area contributed by atoms with Gasteiger partial charge in [-0.15, -0.1) is 0 Å². The molecule has 0 aliphatic heterocycles. The Morgan fingerprint density at radius 2 is 1.44 bits per heavy atom. The molecule has 0 saturated carbocycles. The van der Waals surface area contributed by atoms with Crippen LogP contribution < -0.4 is 0 Å².